The van der Waals surface area contributed by atoms with Crippen LogP contribution in [0, 0.1) is 5.92 Å². The molecule has 1 fully saturated rings. The van der Waals surface area contributed by atoms with Gasteiger partial charge in [0.05, 0.1) is 12.2 Å². The van der Waals surface area contributed by atoms with Crippen molar-refractivity contribution in [2.45, 2.75) is 44.6 Å². The molecule has 2 atom stereocenters. The zero-order valence-electron chi connectivity index (χ0n) is 7.21. The predicted octanol–water partition coefficient (Wildman–Crippen LogP) is 1.31. The highest BCUT2D eigenvalue weighted by Crippen LogP contribution is 2.29. The van der Waals surface area contributed by atoms with E-state index in [4.69, 9.17) is 5.11 Å². The fourth-order valence-corrected chi connectivity index (χ4v) is 1.72. The Bertz CT molecular complexity index is 125. The molecule has 11 heavy (non-hydrogen) atoms. The molecule has 2 nitrogen and oxygen atoms in total. The van der Waals surface area contributed by atoms with Gasteiger partial charge in [-0.1, -0.05) is 19.8 Å². The summed E-state index contributed by atoms with van der Waals surface area (Å²) in [5.74, 6) is 0.718. The summed E-state index contributed by atoms with van der Waals surface area (Å²) in [6, 6.07) is 0. The predicted molar refractivity (Wildman–Crippen MR) is 44.3 cm³/mol. The van der Waals surface area contributed by atoms with Crippen LogP contribution in [0.25, 0.3) is 0 Å². The van der Waals surface area contributed by atoms with Crippen LogP contribution in [0.3, 0.4) is 0 Å². The molecular weight excluding hydrogens is 140 g/mol. The third-order valence-electron chi connectivity index (χ3n) is 2.74. The van der Waals surface area contributed by atoms with E-state index in [1.54, 1.807) is 0 Å². The largest absolute Gasteiger partial charge is 0.393 e. The molecule has 0 aromatic carbocycles. The Hall–Kier alpha value is -0.0800. The monoisotopic (exact) mass is 158 g/mol. The van der Waals surface area contributed by atoms with Crippen molar-refractivity contribution in [2.75, 3.05) is 6.61 Å². The number of hydrogen-bond acceptors (Lipinski definition) is 2. The van der Waals surface area contributed by atoms with Gasteiger partial charge in [0, 0.05) is 0 Å². The molecule has 2 unspecified atom stereocenters. The van der Waals surface area contributed by atoms with E-state index in [9.17, 15) is 5.11 Å². The molecule has 0 bridgehead atoms. The van der Waals surface area contributed by atoms with E-state index in [0.29, 0.717) is 0 Å². The van der Waals surface area contributed by atoms with Gasteiger partial charge in [0.15, 0.2) is 0 Å². The van der Waals surface area contributed by atoms with Crippen LogP contribution in [0.5, 0.6) is 0 Å². The number of rotatable bonds is 1. The summed E-state index contributed by atoms with van der Waals surface area (Å²) < 4.78 is 0. The highest BCUT2D eigenvalue weighted by Gasteiger charge is 2.28. The maximum Gasteiger partial charge on any atom is 0.0877 e. The molecule has 0 spiro atoms. The van der Waals surface area contributed by atoms with E-state index in [1.165, 1.54) is 6.42 Å². The molecule has 1 aliphatic rings. The van der Waals surface area contributed by atoms with Crippen molar-refractivity contribution in [1.82, 2.24) is 0 Å². The van der Waals surface area contributed by atoms with Crippen molar-refractivity contribution >= 4 is 0 Å². The van der Waals surface area contributed by atoms with Crippen LogP contribution in [0.15, 0.2) is 0 Å². The second kappa shape index (κ2) is 3.55. The third kappa shape index (κ3) is 2.46. The minimum absolute atomic E-state index is 0.0697. The summed E-state index contributed by atoms with van der Waals surface area (Å²) in [4.78, 5) is 0. The van der Waals surface area contributed by atoms with Gasteiger partial charge in [-0.2, -0.15) is 0 Å². The normalized spacial score (nSPS) is 40.1. The van der Waals surface area contributed by atoms with Crippen molar-refractivity contribution in [3.63, 3.8) is 0 Å². The number of aliphatic hydroxyl groups excluding tert-OH is 1. The fraction of sp³-hybridized carbons (Fsp3) is 1.00. The quantitative estimate of drug-likeness (QED) is 0.565. The number of hydrogen-bond donors (Lipinski definition) is 2. The SMILES string of the molecule is CC1CCCC(O)(CO)CC1. The summed E-state index contributed by atoms with van der Waals surface area (Å²) in [6.07, 6.45) is 4.84. The van der Waals surface area contributed by atoms with E-state index in [1.807, 2.05) is 0 Å². The van der Waals surface area contributed by atoms with Gasteiger partial charge in [-0.05, 0) is 25.2 Å². The zero-order chi connectivity index (χ0) is 8.32. The van der Waals surface area contributed by atoms with Crippen LogP contribution in [0.1, 0.15) is 39.0 Å². The van der Waals surface area contributed by atoms with Crippen molar-refractivity contribution in [3.05, 3.63) is 0 Å². The standard InChI is InChI=1S/C9H18O2/c1-8-3-2-5-9(11,7-10)6-4-8/h8,10-11H,2-7H2,1H3. The van der Waals surface area contributed by atoms with Gasteiger partial charge in [0.1, 0.15) is 0 Å². The van der Waals surface area contributed by atoms with Crippen molar-refractivity contribution < 1.29 is 10.2 Å². The summed E-state index contributed by atoms with van der Waals surface area (Å²) in [5, 5.41) is 18.6. The van der Waals surface area contributed by atoms with Crippen molar-refractivity contribution in [1.29, 1.82) is 0 Å². The maximum absolute atomic E-state index is 9.73. The van der Waals surface area contributed by atoms with E-state index in [-0.39, 0.29) is 6.61 Å². The highest BCUT2D eigenvalue weighted by molar-refractivity contribution is 4.81. The van der Waals surface area contributed by atoms with Crippen molar-refractivity contribution in [2.24, 2.45) is 5.92 Å². The molecule has 0 aliphatic heterocycles. The Morgan fingerprint density at radius 3 is 2.73 bits per heavy atom. The molecule has 2 heteroatoms. The molecule has 0 amide bonds. The lowest BCUT2D eigenvalue weighted by Crippen LogP contribution is -2.32. The lowest BCUT2D eigenvalue weighted by molar-refractivity contribution is -0.0267. The molecule has 0 saturated heterocycles. The summed E-state index contributed by atoms with van der Waals surface area (Å²) in [6.45, 7) is 2.14. The molecular formula is C9H18O2. The van der Waals surface area contributed by atoms with E-state index >= 15 is 0 Å². The van der Waals surface area contributed by atoms with E-state index < -0.39 is 5.60 Å². The van der Waals surface area contributed by atoms with Gasteiger partial charge < -0.3 is 10.2 Å². The Labute approximate surface area is 68.2 Å². The first-order chi connectivity index (χ1) is 5.16. The van der Waals surface area contributed by atoms with Gasteiger partial charge in [-0.15, -0.1) is 0 Å². The molecule has 0 heterocycles. The Kier molecular flexibility index (Phi) is 2.90. The Balaban J connectivity index is 2.45. The van der Waals surface area contributed by atoms with Crippen LogP contribution in [-0.2, 0) is 0 Å². The second-order valence-electron chi connectivity index (χ2n) is 3.92. The molecule has 1 aliphatic carbocycles. The third-order valence-corrected chi connectivity index (χ3v) is 2.74. The van der Waals surface area contributed by atoms with Gasteiger partial charge in [0.2, 0.25) is 0 Å². The molecule has 2 N–H and O–H groups in total. The minimum Gasteiger partial charge on any atom is -0.393 e. The smallest absolute Gasteiger partial charge is 0.0877 e. The summed E-state index contributed by atoms with van der Waals surface area (Å²) in [5.41, 5.74) is -0.759. The topological polar surface area (TPSA) is 40.5 Å². The van der Waals surface area contributed by atoms with Crippen LogP contribution in [0.2, 0.25) is 0 Å². The van der Waals surface area contributed by atoms with Gasteiger partial charge in [0.25, 0.3) is 0 Å². The Morgan fingerprint density at radius 1 is 1.36 bits per heavy atom. The van der Waals surface area contributed by atoms with Crippen LogP contribution in [-0.4, -0.2) is 22.4 Å². The maximum atomic E-state index is 9.73. The summed E-state index contributed by atoms with van der Waals surface area (Å²) >= 11 is 0. The van der Waals surface area contributed by atoms with Gasteiger partial charge in [-0.3, -0.25) is 0 Å². The fourth-order valence-electron chi connectivity index (χ4n) is 1.72. The lowest BCUT2D eigenvalue weighted by Gasteiger charge is -2.23. The van der Waals surface area contributed by atoms with E-state index in [2.05, 4.69) is 6.92 Å². The molecule has 0 aromatic rings. The molecule has 1 saturated carbocycles. The zero-order valence-corrected chi connectivity index (χ0v) is 7.21. The molecule has 0 aromatic heterocycles. The number of aliphatic hydroxyl groups is 2. The summed E-state index contributed by atoms with van der Waals surface area (Å²) in [7, 11) is 0. The lowest BCUT2D eigenvalue weighted by atomic mass is 9.95. The first-order valence-corrected chi connectivity index (χ1v) is 4.49. The molecule has 1 rings (SSSR count). The minimum atomic E-state index is -0.759. The van der Waals surface area contributed by atoms with E-state index in [0.717, 1.165) is 31.6 Å². The van der Waals surface area contributed by atoms with Gasteiger partial charge in [-0.25, -0.2) is 0 Å². The van der Waals surface area contributed by atoms with Crippen LogP contribution < -0.4 is 0 Å². The first kappa shape index (κ1) is 9.01. The van der Waals surface area contributed by atoms with Crippen LogP contribution in [0.4, 0.5) is 0 Å². The first-order valence-electron chi connectivity index (χ1n) is 4.49. The van der Waals surface area contributed by atoms with Gasteiger partial charge >= 0.3 is 0 Å². The molecule has 0 radical (unpaired) electrons. The average molecular weight is 158 g/mol. The second-order valence-corrected chi connectivity index (χ2v) is 3.92. The molecule has 66 valence electrons. The van der Waals surface area contributed by atoms with Crippen LogP contribution >= 0.6 is 0 Å². The average Bonchev–Trinajstić information content (AvgIpc) is 2.15. The van der Waals surface area contributed by atoms with Crippen molar-refractivity contribution in [3.8, 4) is 0 Å². The highest BCUT2D eigenvalue weighted by atomic mass is 16.3. The Morgan fingerprint density at radius 2 is 2.09 bits per heavy atom.